The molecule has 0 saturated heterocycles. The van der Waals surface area contributed by atoms with Gasteiger partial charge in [0.15, 0.2) is 0 Å². The zero-order valence-electron chi connectivity index (χ0n) is 14.4. The van der Waals surface area contributed by atoms with Gasteiger partial charge >= 0.3 is 6.03 Å². The van der Waals surface area contributed by atoms with Crippen molar-refractivity contribution >= 4 is 22.7 Å². The number of furan rings is 1. The molecule has 1 atom stereocenters. The molecular formula is C22H17FN2O2. The molecule has 4 rings (SSSR count). The zero-order valence-corrected chi connectivity index (χ0v) is 14.4. The van der Waals surface area contributed by atoms with Gasteiger partial charge in [0.05, 0.1) is 5.69 Å². The normalized spacial score (nSPS) is 11.9. The summed E-state index contributed by atoms with van der Waals surface area (Å²) in [5.74, 6) is 0.110. The molecule has 0 saturated carbocycles. The third kappa shape index (κ3) is 3.67. The van der Waals surface area contributed by atoms with E-state index in [2.05, 4.69) is 10.6 Å². The van der Waals surface area contributed by atoms with Gasteiger partial charge < -0.3 is 15.1 Å². The number of para-hydroxylation sites is 2. The molecule has 0 aliphatic carbocycles. The van der Waals surface area contributed by atoms with Crippen LogP contribution in [0.4, 0.5) is 14.9 Å². The van der Waals surface area contributed by atoms with Gasteiger partial charge in [0.2, 0.25) is 0 Å². The highest BCUT2D eigenvalue weighted by Crippen LogP contribution is 2.28. The van der Waals surface area contributed by atoms with E-state index in [4.69, 9.17) is 4.42 Å². The first-order chi connectivity index (χ1) is 13.2. The van der Waals surface area contributed by atoms with Crippen LogP contribution in [0.2, 0.25) is 0 Å². The van der Waals surface area contributed by atoms with Crippen molar-refractivity contribution in [2.75, 3.05) is 5.32 Å². The monoisotopic (exact) mass is 360 g/mol. The molecule has 1 heterocycles. The van der Waals surface area contributed by atoms with Crippen LogP contribution in [0.15, 0.2) is 89.3 Å². The Kier molecular flexibility index (Phi) is 4.58. The van der Waals surface area contributed by atoms with Gasteiger partial charge in [-0.25, -0.2) is 9.18 Å². The highest BCUT2D eigenvalue weighted by molar-refractivity contribution is 5.90. The van der Waals surface area contributed by atoms with Gasteiger partial charge in [0, 0.05) is 5.39 Å². The van der Waals surface area contributed by atoms with Gasteiger partial charge in [0.1, 0.15) is 23.2 Å². The quantitative estimate of drug-likeness (QED) is 0.506. The van der Waals surface area contributed by atoms with E-state index < -0.39 is 17.9 Å². The Balaban J connectivity index is 1.64. The predicted octanol–water partition coefficient (Wildman–Crippen LogP) is 5.48. The molecule has 4 aromatic rings. The molecule has 0 radical (unpaired) electrons. The number of benzene rings is 3. The zero-order chi connectivity index (χ0) is 18.6. The van der Waals surface area contributed by atoms with Gasteiger partial charge in [0.25, 0.3) is 0 Å². The fourth-order valence-electron chi connectivity index (χ4n) is 2.96. The Morgan fingerprint density at radius 1 is 0.889 bits per heavy atom. The van der Waals surface area contributed by atoms with Crippen molar-refractivity contribution in [3.05, 3.63) is 102 Å². The van der Waals surface area contributed by atoms with E-state index in [0.29, 0.717) is 5.76 Å². The lowest BCUT2D eigenvalue weighted by Crippen LogP contribution is -2.33. The second kappa shape index (κ2) is 7.33. The van der Waals surface area contributed by atoms with Gasteiger partial charge in [-0.1, -0.05) is 60.7 Å². The molecule has 2 N–H and O–H groups in total. The van der Waals surface area contributed by atoms with Gasteiger partial charge in [-0.3, -0.25) is 0 Å². The SMILES string of the molecule is O=C(Nc1ccccc1F)N[C@@H](c1ccccc1)c1cc2ccccc2o1. The summed E-state index contributed by atoms with van der Waals surface area (Å²) in [4.78, 5) is 12.5. The number of fused-ring (bicyclic) bond motifs is 1. The Bertz CT molecular complexity index is 1040. The largest absolute Gasteiger partial charge is 0.459 e. The van der Waals surface area contributed by atoms with Crippen molar-refractivity contribution in [3.8, 4) is 0 Å². The average Bonchev–Trinajstić information content (AvgIpc) is 3.12. The number of rotatable bonds is 4. The number of nitrogens with one attached hydrogen (secondary N) is 2. The maximum atomic E-state index is 13.8. The molecule has 5 heteroatoms. The van der Waals surface area contributed by atoms with Crippen LogP contribution in [-0.2, 0) is 0 Å². The maximum Gasteiger partial charge on any atom is 0.320 e. The van der Waals surface area contributed by atoms with E-state index in [1.54, 1.807) is 12.1 Å². The standard InChI is InChI=1S/C22H17FN2O2/c23-17-11-5-6-12-18(17)24-22(26)25-21(15-8-2-1-3-9-15)20-14-16-10-4-7-13-19(16)27-20/h1-14,21H,(H2,24,25,26)/t21-/m0/s1. The molecule has 3 aromatic carbocycles. The first kappa shape index (κ1) is 16.8. The second-order valence-electron chi connectivity index (χ2n) is 6.11. The molecule has 4 nitrogen and oxygen atoms in total. The van der Waals surface area contributed by atoms with E-state index in [9.17, 15) is 9.18 Å². The summed E-state index contributed by atoms with van der Waals surface area (Å²) in [7, 11) is 0. The molecule has 134 valence electrons. The summed E-state index contributed by atoms with van der Waals surface area (Å²) in [5, 5.41) is 6.37. The molecule has 0 bridgehead atoms. The van der Waals surface area contributed by atoms with Gasteiger partial charge in [-0.2, -0.15) is 0 Å². The Morgan fingerprint density at radius 2 is 1.59 bits per heavy atom. The van der Waals surface area contributed by atoms with Crippen LogP contribution in [0.5, 0.6) is 0 Å². The molecule has 27 heavy (non-hydrogen) atoms. The highest BCUT2D eigenvalue weighted by Gasteiger charge is 2.21. The number of amides is 2. The number of hydrogen-bond donors (Lipinski definition) is 2. The number of carbonyl (C=O) groups excluding carboxylic acids is 1. The molecular weight excluding hydrogens is 343 g/mol. The van der Waals surface area contributed by atoms with E-state index in [-0.39, 0.29) is 5.69 Å². The average molecular weight is 360 g/mol. The van der Waals surface area contributed by atoms with Gasteiger partial charge in [-0.15, -0.1) is 0 Å². The summed E-state index contributed by atoms with van der Waals surface area (Å²) >= 11 is 0. The van der Waals surface area contributed by atoms with E-state index >= 15 is 0 Å². The lowest BCUT2D eigenvalue weighted by Gasteiger charge is -2.18. The van der Waals surface area contributed by atoms with Crippen LogP contribution in [0.3, 0.4) is 0 Å². The molecule has 1 aromatic heterocycles. The molecule has 0 unspecified atom stereocenters. The number of carbonyl (C=O) groups is 1. The molecule has 0 spiro atoms. The van der Waals surface area contributed by atoms with Crippen molar-refractivity contribution in [2.24, 2.45) is 0 Å². The minimum absolute atomic E-state index is 0.117. The molecule has 2 amide bonds. The van der Waals surface area contributed by atoms with E-state index in [0.717, 1.165) is 16.5 Å². The Labute approximate surface area is 155 Å². The van der Waals surface area contributed by atoms with Crippen LogP contribution < -0.4 is 10.6 Å². The van der Waals surface area contributed by atoms with Crippen LogP contribution in [0.1, 0.15) is 17.4 Å². The number of urea groups is 1. The molecule has 0 fully saturated rings. The third-order valence-electron chi connectivity index (χ3n) is 4.26. The maximum absolute atomic E-state index is 13.8. The van der Waals surface area contributed by atoms with Crippen LogP contribution in [0, 0.1) is 5.82 Å². The van der Waals surface area contributed by atoms with Crippen LogP contribution >= 0.6 is 0 Å². The fourth-order valence-corrected chi connectivity index (χ4v) is 2.96. The summed E-state index contributed by atoms with van der Waals surface area (Å²) < 4.78 is 19.8. The minimum atomic E-state index is -0.519. The van der Waals surface area contributed by atoms with Crippen LogP contribution in [0.25, 0.3) is 11.0 Å². The first-order valence-corrected chi connectivity index (χ1v) is 8.56. The smallest absolute Gasteiger partial charge is 0.320 e. The second-order valence-corrected chi connectivity index (χ2v) is 6.11. The first-order valence-electron chi connectivity index (χ1n) is 8.56. The minimum Gasteiger partial charge on any atom is -0.459 e. The third-order valence-corrected chi connectivity index (χ3v) is 4.26. The lowest BCUT2D eigenvalue weighted by atomic mass is 10.0. The number of hydrogen-bond acceptors (Lipinski definition) is 2. The topological polar surface area (TPSA) is 54.3 Å². The summed E-state index contributed by atoms with van der Waals surface area (Å²) in [6, 6.07) is 24.0. The summed E-state index contributed by atoms with van der Waals surface area (Å²) in [6.45, 7) is 0. The van der Waals surface area contributed by atoms with Crippen molar-refractivity contribution in [1.82, 2.24) is 5.32 Å². The van der Waals surface area contributed by atoms with Crippen molar-refractivity contribution < 1.29 is 13.6 Å². The molecule has 0 aliphatic heterocycles. The van der Waals surface area contributed by atoms with Crippen molar-refractivity contribution in [3.63, 3.8) is 0 Å². The van der Waals surface area contributed by atoms with E-state index in [1.165, 1.54) is 12.1 Å². The lowest BCUT2D eigenvalue weighted by molar-refractivity contribution is 0.248. The van der Waals surface area contributed by atoms with E-state index in [1.807, 2.05) is 60.7 Å². The van der Waals surface area contributed by atoms with Crippen LogP contribution in [-0.4, -0.2) is 6.03 Å². The Hall–Kier alpha value is -3.60. The predicted molar refractivity (Wildman–Crippen MR) is 103 cm³/mol. The summed E-state index contributed by atoms with van der Waals surface area (Å²) in [6.07, 6.45) is 0. The fraction of sp³-hybridized carbons (Fsp3) is 0.0455. The van der Waals surface area contributed by atoms with Gasteiger partial charge in [-0.05, 0) is 29.8 Å². The Morgan fingerprint density at radius 3 is 2.37 bits per heavy atom. The summed E-state index contributed by atoms with van der Waals surface area (Å²) in [5.41, 5.74) is 1.72. The number of anilines is 1. The van der Waals surface area contributed by atoms with Crippen molar-refractivity contribution in [2.45, 2.75) is 6.04 Å². The molecule has 0 aliphatic rings. The highest BCUT2D eigenvalue weighted by atomic mass is 19.1. The van der Waals surface area contributed by atoms with Crippen molar-refractivity contribution in [1.29, 1.82) is 0 Å². The number of halogens is 1.